The molecule has 0 radical (unpaired) electrons. The van der Waals surface area contributed by atoms with Crippen molar-refractivity contribution in [2.24, 2.45) is 0 Å². The summed E-state index contributed by atoms with van der Waals surface area (Å²) in [6, 6.07) is 7.88. The summed E-state index contributed by atoms with van der Waals surface area (Å²) in [6.45, 7) is 0. The van der Waals surface area contributed by atoms with Crippen molar-refractivity contribution < 1.29 is 13.2 Å². The average molecular weight is 303 g/mol. The summed E-state index contributed by atoms with van der Waals surface area (Å²) in [7, 11) is 0. The van der Waals surface area contributed by atoms with Crippen LogP contribution in [0, 0.1) is 0 Å². The molecule has 0 amide bonds. The molecule has 1 nitrogen and oxygen atoms in total. The number of hydrogen-bond acceptors (Lipinski definition) is 3. The van der Waals surface area contributed by atoms with E-state index in [1.54, 1.807) is 23.1 Å². The largest absolute Gasteiger partial charge is 0.301 e. The zero-order valence-corrected chi connectivity index (χ0v) is 11.7. The summed E-state index contributed by atoms with van der Waals surface area (Å²) >= 11 is 3.20. The summed E-state index contributed by atoms with van der Waals surface area (Å²) in [6.07, 6.45) is -1.25. The molecule has 0 atom stereocenters. The molecule has 2 aromatic rings. The molecule has 0 fully saturated rings. The highest BCUT2D eigenvalue weighted by Crippen LogP contribution is 2.30. The smallest absolute Gasteiger partial charge is 0.230 e. The van der Waals surface area contributed by atoms with Gasteiger partial charge in [-0.2, -0.15) is 8.78 Å². The molecule has 0 aliphatic heterocycles. The van der Waals surface area contributed by atoms with E-state index in [0.717, 1.165) is 20.3 Å². The lowest BCUT2D eigenvalue weighted by Gasteiger charge is -1.97. The molecule has 19 heavy (non-hydrogen) atoms. The molecule has 102 valence electrons. The Morgan fingerprint density at radius 2 is 1.95 bits per heavy atom. The number of thioether (sulfide) groups is 1. The fourth-order valence-electron chi connectivity index (χ4n) is 1.55. The number of halogens is 3. The Kier molecular flexibility index (Phi) is 5.27. The maximum atomic E-state index is 12.5. The van der Waals surface area contributed by atoms with Gasteiger partial charge in [-0.05, 0) is 25.0 Å². The highest BCUT2D eigenvalue weighted by atomic mass is 32.2. The van der Waals surface area contributed by atoms with E-state index in [1.807, 2.05) is 24.3 Å². The maximum Gasteiger partial charge on any atom is 0.301 e. The standard InChI is InChI=1S/C13H12F3NS2/c14-9(12(15)16)5-3-4-8-18-13-17-10-6-1-2-7-11(10)19-13/h1-2,6-7H,3-5,8H2. The molecule has 0 spiro atoms. The number of rotatable bonds is 6. The van der Waals surface area contributed by atoms with Gasteiger partial charge in [0.25, 0.3) is 0 Å². The molecule has 1 aromatic heterocycles. The molecule has 0 bridgehead atoms. The van der Waals surface area contributed by atoms with Gasteiger partial charge in [0.2, 0.25) is 0 Å². The number of hydrogen-bond donors (Lipinski definition) is 0. The molecule has 0 saturated carbocycles. The normalized spacial score (nSPS) is 10.9. The Hall–Kier alpha value is -1.01. The van der Waals surface area contributed by atoms with E-state index in [1.165, 1.54) is 0 Å². The van der Waals surface area contributed by atoms with Crippen LogP contribution < -0.4 is 0 Å². The van der Waals surface area contributed by atoms with Crippen LogP contribution in [0.15, 0.2) is 40.5 Å². The van der Waals surface area contributed by atoms with Gasteiger partial charge in [0.15, 0.2) is 10.2 Å². The van der Waals surface area contributed by atoms with Crippen LogP contribution >= 0.6 is 23.1 Å². The molecule has 0 N–H and O–H groups in total. The van der Waals surface area contributed by atoms with Gasteiger partial charge in [0, 0.05) is 12.2 Å². The quantitative estimate of drug-likeness (QED) is 0.506. The SMILES string of the molecule is FC(F)=C(F)CCCCSc1nc2ccccc2s1. The van der Waals surface area contributed by atoms with E-state index >= 15 is 0 Å². The number of benzene rings is 1. The predicted molar refractivity (Wildman–Crippen MR) is 74.5 cm³/mol. The monoisotopic (exact) mass is 303 g/mol. The lowest BCUT2D eigenvalue weighted by atomic mass is 10.2. The summed E-state index contributed by atoms with van der Waals surface area (Å²) in [5.74, 6) is -0.522. The third-order valence-electron chi connectivity index (χ3n) is 2.50. The van der Waals surface area contributed by atoms with Crippen LogP contribution in [0.3, 0.4) is 0 Å². The van der Waals surface area contributed by atoms with Crippen molar-refractivity contribution in [3.8, 4) is 0 Å². The van der Waals surface area contributed by atoms with Crippen molar-refractivity contribution in [2.45, 2.75) is 23.6 Å². The fourth-order valence-corrected chi connectivity index (χ4v) is 3.69. The van der Waals surface area contributed by atoms with Gasteiger partial charge in [-0.25, -0.2) is 9.37 Å². The second kappa shape index (κ2) is 6.96. The molecule has 1 aromatic carbocycles. The van der Waals surface area contributed by atoms with Crippen molar-refractivity contribution in [3.63, 3.8) is 0 Å². The fraction of sp³-hybridized carbons (Fsp3) is 0.308. The molecule has 0 aliphatic carbocycles. The zero-order chi connectivity index (χ0) is 13.7. The first-order chi connectivity index (χ1) is 9.16. The van der Waals surface area contributed by atoms with Crippen LogP contribution in [-0.2, 0) is 0 Å². The van der Waals surface area contributed by atoms with E-state index in [2.05, 4.69) is 4.98 Å². The molecule has 1 heterocycles. The second-order valence-corrected chi connectivity index (χ2v) is 6.29. The van der Waals surface area contributed by atoms with E-state index in [4.69, 9.17) is 0 Å². The van der Waals surface area contributed by atoms with Gasteiger partial charge < -0.3 is 0 Å². The number of thiazole rings is 1. The minimum Gasteiger partial charge on any atom is -0.230 e. The molecule has 0 unspecified atom stereocenters. The lowest BCUT2D eigenvalue weighted by molar-refractivity contribution is 0.368. The van der Waals surface area contributed by atoms with Gasteiger partial charge in [-0.15, -0.1) is 11.3 Å². The van der Waals surface area contributed by atoms with Crippen LogP contribution in [0.2, 0.25) is 0 Å². The van der Waals surface area contributed by atoms with Gasteiger partial charge >= 0.3 is 6.08 Å². The Bertz CT molecular complexity index is 543. The van der Waals surface area contributed by atoms with E-state index in [-0.39, 0.29) is 6.42 Å². The average Bonchev–Trinajstić information content (AvgIpc) is 2.80. The Labute approximate surface area is 117 Å². The third kappa shape index (κ3) is 4.24. The Morgan fingerprint density at radius 1 is 1.16 bits per heavy atom. The van der Waals surface area contributed by atoms with Gasteiger partial charge in [0.1, 0.15) is 0 Å². The number of fused-ring (bicyclic) bond motifs is 1. The van der Waals surface area contributed by atoms with Gasteiger partial charge in [-0.3, -0.25) is 0 Å². The summed E-state index contributed by atoms with van der Waals surface area (Å²) in [5.41, 5.74) is 0.975. The second-order valence-electron chi connectivity index (χ2n) is 3.92. The number of aromatic nitrogens is 1. The molecule has 2 rings (SSSR count). The number of para-hydroxylation sites is 1. The summed E-state index contributed by atoms with van der Waals surface area (Å²) in [5, 5.41) is 0. The molecule has 6 heteroatoms. The first-order valence-corrected chi connectivity index (χ1v) is 7.65. The van der Waals surface area contributed by atoms with Crippen LogP contribution in [-0.4, -0.2) is 10.7 Å². The highest BCUT2D eigenvalue weighted by Gasteiger charge is 2.06. The van der Waals surface area contributed by atoms with E-state index in [9.17, 15) is 13.2 Å². The molecular formula is C13H12F3NS2. The van der Waals surface area contributed by atoms with E-state index in [0.29, 0.717) is 12.8 Å². The van der Waals surface area contributed by atoms with Crippen LogP contribution in [0.4, 0.5) is 13.2 Å². The third-order valence-corrected chi connectivity index (χ3v) is 4.76. The maximum absolute atomic E-state index is 12.5. The number of unbranched alkanes of at least 4 members (excludes halogenated alkanes) is 1. The van der Waals surface area contributed by atoms with E-state index < -0.39 is 11.9 Å². The Balaban J connectivity index is 1.75. The molecule has 0 aliphatic rings. The van der Waals surface area contributed by atoms with Crippen LogP contribution in [0.1, 0.15) is 19.3 Å². The molecule has 0 saturated heterocycles. The Morgan fingerprint density at radius 3 is 2.68 bits per heavy atom. The lowest BCUT2D eigenvalue weighted by Crippen LogP contribution is -1.83. The van der Waals surface area contributed by atoms with Crippen molar-refractivity contribution in [2.75, 3.05) is 5.75 Å². The van der Waals surface area contributed by atoms with Crippen LogP contribution in [0.25, 0.3) is 10.2 Å². The van der Waals surface area contributed by atoms with Crippen molar-refractivity contribution in [3.05, 3.63) is 36.2 Å². The van der Waals surface area contributed by atoms with Crippen molar-refractivity contribution in [1.29, 1.82) is 0 Å². The summed E-state index contributed by atoms with van der Waals surface area (Å²) in [4.78, 5) is 4.45. The highest BCUT2D eigenvalue weighted by molar-refractivity contribution is 8.01. The number of allylic oxidation sites excluding steroid dienone is 1. The van der Waals surface area contributed by atoms with Gasteiger partial charge in [-0.1, -0.05) is 23.9 Å². The first kappa shape index (κ1) is 14.4. The minimum atomic E-state index is -2.20. The predicted octanol–water partition coefficient (Wildman–Crippen LogP) is 5.64. The first-order valence-electron chi connectivity index (χ1n) is 5.85. The topological polar surface area (TPSA) is 12.9 Å². The van der Waals surface area contributed by atoms with Crippen LogP contribution in [0.5, 0.6) is 0 Å². The summed E-state index contributed by atoms with van der Waals surface area (Å²) < 4.78 is 38.3. The minimum absolute atomic E-state index is 0.178. The van der Waals surface area contributed by atoms with Gasteiger partial charge in [0.05, 0.1) is 10.2 Å². The van der Waals surface area contributed by atoms with Crippen molar-refractivity contribution in [1.82, 2.24) is 4.98 Å². The number of nitrogens with zero attached hydrogens (tertiary/aromatic N) is 1. The van der Waals surface area contributed by atoms with Crippen molar-refractivity contribution >= 4 is 33.3 Å². The zero-order valence-electron chi connectivity index (χ0n) is 10.0. The molecular weight excluding hydrogens is 291 g/mol.